The molecule has 3 aliphatic heterocycles. The Morgan fingerprint density at radius 3 is 2.58 bits per heavy atom. The summed E-state index contributed by atoms with van der Waals surface area (Å²) in [4.78, 5) is 15.0. The predicted molar refractivity (Wildman–Crippen MR) is 88.5 cm³/mol. The van der Waals surface area contributed by atoms with Crippen LogP contribution >= 0.6 is 0 Å². The van der Waals surface area contributed by atoms with Crippen LogP contribution in [0.25, 0.3) is 0 Å². The van der Waals surface area contributed by atoms with Gasteiger partial charge in [0.2, 0.25) is 0 Å². The Hall–Kier alpha value is -2.16. The molecule has 1 aliphatic carbocycles. The fourth-order valence-corrected chi connectivity index (χ4v) is 4.23. The third-order valence-electron chi connectivity index (χ3n) is 5.51. The number of allylic oxidation sites excluding steroid dienone is 3. The number of carbonyl (C=O) groups is 1. The highest BCUT2D eigenvalue weighted by atomic mass is 19.4. The second-order valence-electron chi connectivity index (χ2n) is 7.13. The number of carbonyl (C=O) groups excluding carboxylic acids is 1. The van der Waals surface area contributed by atoms with Crippen molar-refractivity contribution in [1.82, 2.24) is 10.2 Å². The lowest BCUT2D eigenvalue weighted by molar-refractivity contribution is -0.305. The number of ether oxygens (including phenoxy) is 1. The first-order chi connectivity index (χ1) is 12.3. The standard InChI is InChI=1S/C17H19F3N4O2/c1-24-10-2-3-11(24)7-9(6-10)21-16(25)15-13-5-4-12(26-17(18,19)20)8-14(13)22-23-15/h4-5,9-11H,2-3,6-8H2,1H3,(H,21,25)/t9?,10-,11+. The van der Waals surface area contributed by atoms with Gasteiger partial charge in [0.05, 0.1) is 12.1 Å². The van der Waals surface area contributed by atoms with Gasteiger partial charge in [0.25, 0.3) is 5.91 Å². The molecule has 4 aliphatic rings. The summed E-state index contributed by atoms with van der Waals surface area (Å²) in [6.45, 7) is 0. The number of fused-ring (bicyclic) bond motifs is 3. The first-order valence-electron chi connectivity index (χ1n) is 8.65. The van der Waals surface area contributed by atoms with E-state index in [2.05, 4.69) is 32.2 Å². The van der Waals surface area contributed by atoms with Crippen molar-refractivity contribution in [2.45, 2.75) is 56.6 Å². The van der Waals surface area contributed by atoms with E-state index >= 15 is 0 Å². The SMILES string of the molecule is CN1[C@@H]2CC[C@H]1CC(NC(=O)C1=NN=C3CC(OC(F)(F)F)=CC=C31)C2. The highest BCUT2D eigenvalue weighted by molar-refractivity contribution is 6.53. The van der Waals surface area contributed by atoms with Crippen molar-refractivity contribution in [2.24, 2.45) is 10.2 Å². The number of nitrogens with one attached hydrogen (secondary N) is 1. The molecule has 0 aromatic rings. The first kappa shape index (κ1) is 17.3. The molecular weight excluding hydrogens is 349 g/mol. The summed E-state index contributed by atoms with van der Waals surface area (Å²) in [6, 6.07) is 1.08. The zero-order chi connectivity index (χ0) is 18.5. The number of hydrogen-bond donors (Lipinski definition) is 1. The fourth-order valence-electron chi connectivity index (χ4n) is 4.23. The molecular formula is C17H19F3N4O2. The van der Waals surface area contributed by atoms with E-state index in [0.29, 0.717) is 23.4 Å². The van der Waals surface area contributed by atoms with Gasteiger partial charge in [-0.1, -0.05) is 0 Å². The van der Waals surface area contributed by atoms with E-state index in [0.717, 1.165) is 25.7 Å². The van der Waals surface area contributed by atoms with E-state index in [1.165, 1.54) is 12.2 Å². The van der Waals surface area contributed by atoms with Gasteiger partial charge in [-0.3, -0.25) is 4.79 Å². The van der Waals surface area contributed by atoms with Crippen LogP contribution in [0.5, 0.6) is 0 Å². The Morgan fingerprint density at radius 1 is 1.23 bits per heavy atom. The molecule has 1 unspecified atom stereocenters. The molecule has 0 spiro atoms. The maximum atomic E-state index is 12.6. The fraction of sp³-hybridized carbons (Fsp3) is 0.588. The lowest BCUT2D eigenvalue weighted by Crippen LogP contribution is -2.50. The van der Waals surface area contributed by atoms with E-state index in [4.69, 9.17) is 0 Å². The Labute approximate surface area is 148 Å². The number of halogens is 3. The molecule has 140 valence electrons. The van der Waals surface area contributed by atoms with Gasteiger partial charge in [-0.15, -0.1) is 18.3 Å². The number of alkyl halides is 3. The molecule has 1 amide bonds. The molecule has 2 saturated heterocycles. The zero-order valence-corrected chi connectivity index (χ0v) is 14.2. The highest BCUT2D eigenvalue weighted by Gasteiger charge is 2.40. The van der Waals surface area contributed by atoms with Gasteiger partial charge in [-0.05, 0) is 44.9 Å². The van der Waals surface area contributed by atoms with Crippen molar-refractivity contribution >= 4 is 17.3 Å². The molecule has 2 fully saturated rings. The third-order valence-corrected chi connectivity index (χ3v) is 5.51. The maximum Gasteiger partial charge on any atom is 0.572 e. The van der Waals surface area contributed by atoms with Crippen LogP contribution in [0, 0.1) is 0 Å². The summed E-state index contributed by atoms with van der Waals surface area (Å²) in [5, 5.41) is 10.8. The van der Waals surface area contributed by atoms with E-state index in [1.807, 2.05) is 0 Å². The van der Waals surface area contributed by atoms with Crippen molar-refractivity contribution < 1.29 is 22.7 Å². The Bertz CT molecular complexity index is 740. The lowest BCUT2D eigenvalue weighted by atomic mass is 9.95. The zero-order valence-electron chi connectivity index (χ0n) is 14.2. The molecule has 0 aromatic heterocycles. The van der Waals surface area contributed by atoms with Crippen LogP contribution in [-0.4, -0.2) is 53.8 Å². The smallest absolute Gasteiger partial charge is 0.410 e. The summed E-state index contributed by atoms with van der Waals surface area (Å²) in [7, 11) is 2.13. The van der Waals surface area contributed by atoms with Gasteiger partial charge in [0.1, 0.15) is 5.76 Å². The van der Waals surface area contributed by atoms with E-state index in [-0.39, 0.29) is 29.8 Å². The molecule has 0 radical (unpaired) electrons. The average molecular weight is 368 g/mol. The Kier molecular flexibility index (Phi) is 4.13. The van der Waals surface area contributed by atoms with Gasteiger partial charge >= 0.3 is 6.36 Å². The third kappa shape index (κ3) is 3.27. The normalized spacial score (nSPS) is 30.8. The molecule has 0 saturated carbocycles. The summed E-state index contributed by atoms with van der Waals surface area (Å²) >= 11 is 0. The predicted octanol–water partition coefficient (Wildman–Crippen LogP) is 2.29. The van der Waals surface area contributed by atoms with Crippen LogP contribution < -0.4 is 5.32 Å². The first-order valence-corrected chi connectivity index (χ1v) is 8.65. The monoisotopic (exact) mass is 368 g/mol. The van der Waals surface area contributed by atoms with Crippen LogP contribution in [0.15, 0.2) is 33.7 Å². The second kappa shape index (κ2) is 6.22. The summed E-state index contributed by atoms with van der Waals surface area (Å²) in [5.74, 6) is -0.582. The average Bonchev–Trinajstić information content (AvgIpc) is 3.03. The highest BCUT2D eigenvalue weighted by Crippen LogP contribution is 2.34. The van der Waals surface area contributed by atoms with Gasteiger partial charge in [0.15, 0.2) is 5.71 Å². The topological polar surface area (TPSA) is 66.3 Å². The summed E-state index contributed by atoms with van der Waals surface area (Å²) in [6.07, 6.45) is 1.86. The minimum absolute atomic E-state index is 0.0896. The van der Waals surface area contributed by atoms with Crippen LogP contribution in [0.1, 0.15) is 32.1 Å². The van der Waals surface area contributed by atoms with Crippen molar-refractivity contribution in [2.75, 3.05) is 7.05 Å². The molecule has 4 rings (SSSR count). The minimum Gasteiger partial charge on any atom is -0.410 e. The molecule has 9 heteroatoms. The van der Waals surface area contributed by atoms with E-state index in [1.54, 1.807) is 0 Å². The van der Waals surface area contributed by atoms with Crippen molar-refractivity contribution in [3.63, 3.8) is 0 Å². The summed E-state index contributed by atoms with van der Waals surface area (Å²) in [5.41, 5.74) is 0.946. The van der Waals surface area contributed by atoms with Crippen LogP contribution in [0.2, 0.25) is 0 Å². The van der Waals surface area contributed by atoms with Crippen molar-refractivity contribution in [3.05, 3.63) is 23.5 Å². The number of hydrogen-bond acceptors (Lipinski definition) is 5. The Balaban J connectivity index is 1.41. The molecule has 3 heterocycles. The quantitative estimate of drug-likeness (QED) is 0.831. The van der Waals surface area contributed by atoms with Crippen LogP contribution in [0.4, 0.5) is 13.2 Å². The number of piperidine rings is 1. The van der Waals surface area contributed by atoms with Gasteiger partial charge in [-0.2, -0.15) is 5.10 Å². The molecule has 3 atom stereocenters. The number of nitrogens with zero attached hydrogens (tertiary/aromatic N) is 3. The molecule has 6 nitrogen and oxygen atoms in total. The van der Waals surface area contributed by atoms with Crippen LogP contribution in [0.3, 0.4) is 0 Å². The molecule has 1 N–H and O–H groups in total. The molecule has 0 aromatic carbocycles. The number of rotatable bonds is 3. The Morgan fingerprint density at radius 2 is 1.92 bits per heavy atom. The van der Waals surface area contributed by atoms with E-state index < -0.39 is 6.36 Å². The minimum atomic E-state index is -4.75. The maximum absolute atomic E-state index is 12.6. The van der Waals surface area contributed by atoms with Crippen molar-refractivity contribution in [3.8, 4) is 0 Å². The van der Waals surface area contributed by atoms with Gasteiger partial charge in [-0.25, -0.2) is 0 Å². The largest absolute Gasteiger partial charge is 0.572 e. The van der Waals surface area contributed by atoms with Crippen molar-refractivity contribution in [1.29, 1.82) is 0 Å². The van der Waals surface area contributed by atoms with Gasteiger partial charge in [0, 0.05) is 23.7 Å². The summed E-state index contributed by atoms with van der Waals surface area (Å²) < 4.78 is 40.9. The van der Waals surface area contributed by atoms with Gasteiger partial charge < -0.3 is 15.0 Å². The van der Waals surface area contributed by atoms with E-state index in [9.17, 15) is 18.0 Å². The molecule has 26 heavy (non-hydrogen) atoms. The molecule has 2 bridgehead atoms. The second-order valence-corrected chi connectivity index (χ2v) is 7.13. The lowest BCUT2D eigenvalue weighted by Gasteiger charge is -2.36. The van der Waals surface area contributed by atoms with Crippen LogP contribution in [-0.2, 0) is 9.53 Å². The number of amides is 1.